The third kappa shape index (κ3) is 3.61. The first kappa shape index (κ1) is 20.1. The minimum absolute atomic E-state index is 0.234. The third-order valence-corrected chi connectivity index (χ3v) is 7.32. The lowest BCUT2D eigenvalue weighted by Gasteiger charge is -2.42. The summed E-state index contributed by atoms with van der Waals surface area (Å²) in [5.41, 5.74) is 6.01. The van der Waals surface area contributed by atoms with Crippen LogP contribution >= 0.6 is 0 Å². The Hall–Kier alpha value is -2.15. The van der Waals surface area contributed by atoms with Crippen LogP contribution in [0.25, 0.3) is 16.3 Å². The van der Waals surface area contributed by atoms with Gasteiger partial charge in [-0.3, -0.25) is 4.98 Å². The molecule has 0 saturated heterocycles. The van der Waals surface area contributed by atoms with E-state index in [-0.39, 0.29) is 10.8 Å². The van der Waals surface area contributed by atoms with Crippen molar-refractivity contribution < 1.29 is 0 Å². The Morgan fingerprint density at radius 1 is 1.00 bits per heavy atom. The lowest BCUT2D eigenvalue weighted by molar-refractivity contribution is 0.332. The van der Waals surface area contributed by atoms with E-state index in [1.165, 1.54) is 40.3 Å². The number of nitrogens with zero attached hydrogens (tertiary/aromatic N) is 1. The minimum atomic E-state index is 0.234. The smallest absolute Gasteiger partial charge is 0.0671 e. The molecule has 2 aliphatic rings. The highest BCUT2D eigenvalue weighted by Gasteiger charge is 2.37. The number of allylic oxidation sites excluding steroid dienone is 6. The lowest BCUT2D eigenvalue weighted by atomic mass is 9.63. The van der Waals surface area contributed by atoms with Crippen LogP contribution < -0.4 is 0 Å². The number of pyridine rings is 1. The first-order chi connectivity index (χ1) is 13.7. The van der Waals surface area contributed by atoms with Crippen molar-refractivity contribution in [2.45, 2.75) is 71.6 Å². The van der Waals surface area contributed by atoms with Crippen LogP contribution in [-0.2, 0) is 10.8 Å². The van der Waals surface area contributed by atoms with Gasteiger partial charge in [0.05, 0.1) is 5.69 Å². The van der Waals surface area contributed by atoms with Gasteiger partial charge in [0.15, 0.2) is 0 Å². The second-order valence-corrected chi connectivity index (χ2v) is 10.4. The summed E-state index contributed by atoms with van der Waals surface area (Å²) in [4.78, 5) is 4.93. The molecule has 29 heavy (non-hydrogen) atoms. The van der Waals surface area contributed by atoms with Crippen LogP contribution in [-0.4, -0.2) is 4.98 Å². The molecular weight excluding hydrogens is 350 g/mol. The molecule has 0 fully saturated rings. The molecule has 2 atom stereocenters. The molecule has 0 radical (unpaired) electrons. The zero-order valence-corrected chi connectivity index (χ0v) is 18.9. The average molecular weight is 386 g/mol. The first-order valence-electron chi connectivity index (χ1n) is 11.2. The number of aromatic nitrogens is 1. The molecule has 2 aromatic rings. The van der Waals surface area contributed by atoms with E-state index < -0.39 is 0 Å². The van der Waals surface area contributed by atoms with E-state index in [1.807, 2.05) is 0 Å². The number of hydrogen-bond acceptors (Lipinski definition) is 1. The van der Waals surface area contributed by atoms with Gasteiger partial charge in [-0.15, -0.1) is 0 Å². The van der Waals surface area contributed by atoms with Gasteiger partial charge in [0.2, 0.25) is 0 Å². The van der Waals surface area contributed by atoms with Crippen LogP contribution in [0.3, 0.4) is 0 Å². The molecule has 0 amide bonds. The Bertz CT molecular complexity index is 1020. The van der Waals surface area contributed by atoms with Crippen molar-refractivity contribution in [2.75, 3.05) is 0 Å². The summed E-state index contributed by atoms with van der Waals surface area (Å²) < 4.78 is 0. The fourth-order valence-electron chi connectivity index (χ4n) is 5.22. The molecule has 2 unspecified atom stereocenters. The zero-order valence-electron chi connectivity index (χ0n) is 18.9. The van der Waals surface area contributed by atoms with Gasteiger partial charge in [0.25, 0.3) is 0 Å². The van der Waals surface area contributed by atoms with Gasteiger partial charge in [-0.2, -0.15) is 0 Å². The third-order valence-electron chi connectivity index (χ3n) is 7.32. The molecule has 152 valence electrons. The van der Waals surface area contributed by atoms with Crippen molar-refractivity contribution in [1.82, 2.24) is 4.98 Å². The molecule has 1 nitrogen and oxygen atoms in total. The Labute approximate surface area is 176 Å². The molecule has 0 N–H and O–H groups in total. The number of benzene rings is 1. The maximum absolute atomic E-state index is 4.93. The Balaban J connectivity index is 1.83. The van der Waals surface area contributed by atoms with E-state index in [9.17, 15) is 0 Å². The van der Waals surface area contributed by atoms with E-state index in [0.717, 1.165) is 12.1 Å². The van der Waals surface area contributed by atoms with E-state index in [1.54, 1.807) is 0 Å². The Kier molecular flexibility index (Phi) is 5.05. The van der Waals surface area contributed by atoms with Gasteiger partial charge >= 0.3 is 0 Å². The molecular formula is C28H35N. The van der Waals surface area contributed by atoms with E-state index >= 15 is 0 Å². The van der Waals surface area contributed by atoms with Gasteiger partial charge in [-0.25, -0.2) is 0 Å². The van der Waals surface area contributed by atoms with Crippen LogP contribution in [0.2, 0.25) is 0 Å². The van der Waals surface area contributed by atoms with Crippen molar-refractivity contribution in [3.8, 4) is 0 Å². The highest BCUT2D eigenvalue weighted by molar-refractivity contribution is 5.87. The Morgan fingerprint density at radius 2 is 1.66 bits per heavy atom. The van der Waals surface area contributed by atoms with Crippen LogP contribution in [0.15, 0.2) is 54.8 Å². The van der Waals surface area contributed by atoms with Gasteiger partial charge in [-0.05, 0) is 83.1 Å². The van der Waals surface area contributed by atoms with Crippen LogP contribution in [0.4, 0.5) is 0 Å². The standard InChI is InChI=1S/C28H35N/c1-7-10-19(2)22-11-8-9-12-23(22)26-17-20-15-24-25(16-21(20)18-29-26)28(5,6)14-13-27(24,3)4/h7-10,12,15-19,22H,11,13-14H2,1-6H3. The maximum atomic E-state index is 4.93. The predicted molar refractivity (Wildman–Crippen MR) is 126 cm³/mol. The fourth-order valence-corrected chi connectivity index (χ4v) is 5.22. The van der Waals surface area contributed by atoms with Crippen LogP contribution in [0, 0.1) is 11.8 Å². The summed E-state index contributed by atoms with van der Waals surface area (Å²) in [7, 11) is 0. The molecule has 1 aromatic heterocycles. The van der Waals surface area contributed by atoms with Gasteiger partial charge in [-0.1, -0.05) is 71.1 Å². The Morgan fingerprint density at radius 3 is 2.31 bits per heavy atom. The lowest BCUT2D eigenvalue weighted by Crippen LogP contribution is -2.33. The summed E-state index contributed by atoms with van der Waals surface area (Å²) in [5, 5.41) is 2.59. The molecule has 4 rings (SSSR count). The summed E-state index contributed by atoms with van der Waals surface area (Å²) in [6.45, 7) is 14.0. The molecule has 0 aliphatic heterocycles. The molecule has 2 aliphatic carbocycles. The molecule has 0 bridgehead atoms. The van der Waals surface area contributed by atoms with Gasteiger partial charge in [0, 0.05) is 11.6 Å². The molecule has 0 spiro atoms. The number of fused-ring (bicyclic) bond motifs is 2. The number of hydrogen-bond donors (Lipinski definition) is 0. The average Bonchev–Trinajstić information content (AvgIpc) is 2.70. The summed E-state index contributed by atoms with van der Waals surface area (Å²) in [6.07, 6.45) is 16.9. The molecule has 1 aromatic carbocycles. The highest BCUT2D eigenvalue weighted by Crippen LogP contribution is 2.47. The second kappa shape index (κ2) is 7.27. The maximum Gasteiger partial charge on any atom is 0.0671 e. The van der Waals surface area contributed by atoms with Crippen LogP contribution in [0.1, 0.15) is 77.6 Å². The topological polar surface area (TPSA) is 12.9 Å². The molecule has 0 saturated carbocycles. The summed E-state index contributed by atoms with van der Waals surface area (Å²) >= 11 is 0. The zero-order chi connectivity index (χ0) is 20.8. The van der Waals surface area contributed by atoms with Crippen molar-refractivity contribution >= 4 is 16.3 Å². The van der Waals surface area contributed by atoms with E-state index in [0.29, 0.717) is 11.8 Å². The number of rotatable bonds is 3. The SMILES string of the molecule is CC=CC(C)C1CC=CC=C1c1cc2cc3c(cc2cn1)C(C)(C)CCC3(C)C. The quantitative estimate of drug-likeness (QED) is 0.492. The second-order valence-electron chi connectivity index (χ2n) is 10.4. The minimum Gasteiger partial charge on any atom is -0.256 e. The molecule has 1 heterocycles. The fraction of sp³-hybridized carbons (Fsp3) is 0.464. The van der Waals surface area contributed by atoms with Crippen molar-refractivity contribution in [3.63, 3.8) is 0 Å². The monoisotopic (exact) mass is 385 g/mol. The largest absolute Gasteiger partial charge is 0.256 e. The predicted octanol–water partition coefficient (Wildman–Crippen LogP) is 7.76. The van der Waals surface area contributed by atoms with Crippen molar-refractivity contribution in [3.05, 3.63) is 71.6 Å². The van der Waals surface area contributed by atoms with Gasteiger partial charge in [0.1, 0.15) is 0 Å². The summed E-state index contributed by atoms with van der Waals surface area (Å²) in [6, 6.07) is 7.20. The van der Waals surface area contributed by atoms with E-state index in [2.05, 4.69) is 96.3 Å². The highest BCUT2D eigenvalue weighted by atomic mass is 14.7. The van der Waals surface area contributed by atoms with Crippen molar-refractivity contribution in [1.29, 1.82) is 0 Å². The summed E-state index contributed by atoms with van der Waals surface area (Å²) in [5.74, 6) is 1.01. The molecule has 1 heteroatoms. The van der Waals surface area contributed by atoms with E-state index in [4.69, 9.17) is 4.98 Å². The van der Waals surface area contributed by atoms with Crippen molar-refractivity contribution in [2.24, 2.45) is 11.8 Å². The first-order valence-corrected chi connectivity index (χ1v) is 11.2. The van der Waals surface area contributed by atoms with Crippen LogP contribution in [0.5, 0.6) is 0 Å². The normalized spacial score (nSPS) is 23.8. The van der Waals surface area contributed by atoms with Gasteiger partial charge < -0.3 is 0 Å².